The number of carbonyl (C=O) groups is 3. The molecule has 4 N–H and O–H groups in total. The van der Waals surface area contributed by atoms with E-state index in [1.54, 1.807) is 0 Å². The number of nitrogens with two attached hydrogens (primary N) is 1. The summed E-state index contributed by atoms with van der Waals surface area (Å²) in [5.41, 5.74) is 5.50. The van der Waals surface area contributed by atoms with Crippen molar-refractivity contribution in [2.75, 3.05) is 6.54 Å². The second kappa shape index (κ2) is 48.1. The number of ether oxygens (including phenoxy) is 1. The third-order valence-electron chi connectivity index (χ3n) is 10.3. The molecule has 0 aliphatic heterocycles. The third kappa shape index (κ3) is 44.1. The van der Waals surface area contributed by atoms with Gasteiger partial charge in [0.05, 0.1) is 0 Å². The van der Waals surface area contributed by atoms with Gasteiger partial charge in [0.25, 0.3) is 0 Å². The maximum Gasteiger partial charge on any atom is 0.326 e. The maximum absolute atomic E-state index is 12.9. The lowest BCUT2D eigenvalue weighted by atomic mass is 10.0. The molecule has 2 unspecified atom stereocenters. The van der Waals surface area contributed by atoms with Crippen molar-refractivity contribution in [2.45, 2.75) is 212 Å². The highest BCUT2D eigenvalue weighted by atomic mass is 16.5. The molecule has 7 heteroatoms. The first-order chi connectivity index (χ1) is 30.4. The SMILES string of the molecule is CC/C=C\C/C=C\C/C=C\C/C=C\C/C=C\CCCCCCCC(=O)OC(CCCC/C=C\C/C=C\C/C=C\C/C=C\CC)CCCCCCCC(=O)NC(CCCN)C(=O)O. The topological polar surface area (TPSA) is 119 Å². The van der Waals surface area contributed by atoms with Gasteiger partial charge in [-0.25, -0.2) is 4.79 Å². The molecule has 0 saturated carbocycles. The van der Waals surface area contributed by atoms with E-state index in [4.69, 9.17) is 10.5 Å². The third-order valence-corrected chi connectivity index (χ3v) is 10.3. The molecule has 0 spiro atoms. The molecule has 62 heavy (non-hydrogen) atoms. The first-order valence-electron chi connectivity index (χ1n) is 24.7. The van der Waals surface area contributed by atoms with Crippen LogP contribution in [0.25, 0.3) is 0 Å². The molecule has 0 rings (SSSR count). The lowest BCUT2D eigenvalue weighted by Crippen LogP contribution is -2.40. The minimum Gasteiger partial charge on any atom is -0.480 e. The van der Waals surface area contributed by atoms with Crippen LogP contribution in [0.1, 0.15) is 200 Å². The van der Waals surface area contributed by atoms with Crippen molar-refractivity contribution in [3.05, 3.63) is 109 Å². The number of hydrogen-bond donors (Lipinski definition) is 3. The lowest BCUT2D eigenvalue weighted by molar-refractivity contribution is -0.150. The predicted octanol–water partition coefficient (Wildman–Crippen LogP) is 14.8. The van der Waals surface area contributed by atoms with Crippen LogP contribution < -0.4 is 11.1 Å². The van der Waals surface area contributed by atoms with Crippen molar-refractivity contribution < 1.29 is 24.2 Å². The van der Waals surface area contributed by atoms with E-state index in [9.17, 15) is 19.5 Å². The molecule has 0 saturated heterocycles. The van der Waals surface area contributed by atoms with Crippen LogP contribution in [0.4, 0.5) is 0 Å². The van der Waals surface area contributed by atoms with Crippen molar-refractivity contribution in [2.24, 2.45) is 5.73 Å². The second-order valence-electron chi connectivity index (χ2n) is 16.1. The highest BCUT2D eigenvalue weighted by molar-refractivity contribution is 5.83. The standard InChI is InChI=1S/C55H90N2O5/c1-3-5-7-9-11-13-15-17-19-20-21-22-23-24-26-28-30-32-34-39-43-49-54(59)62-51(45-40-36-33-31-29-27-25-18-16-14-12-10-8-6-4-2)46-41-37-35-38-42-48-53(58)57-52(55(60)61)47-44-50-56/h5-8,11-14,17-19,21-22,24-26,29,31,51-52H,3-4,9-10,15-16,20,23,27-28,30,32-50,56H2,1-2H3,(H,57,58)(H,60,61)/b7-5-,8-6-,13-11-,14-12-,19-17-,22-21-,25-18-,26-24-,31-29-. The van der Waals surface area contributed by atoms with Crippen molar-refractivity contribution in [3.63, 3.8) is 0 Å². The highest BCUT2D eigenvalue weighted by Gasteiger charge is 2.19. The van der Waals surface area contributed by atoms with E-state index in [0.29, 0.717) is 32.2 Å². The minimum atomic E-state index is -1.01. The molecule has 0 radical (unpaired) electrons. The Morgan fingerprint density at radius 1 is 0.468 bits per heavy atom. The van der Waals surface area contributed by atoms with Crippen LogP contribution in [-0.2, 0) is 19.1 Å². The Morgan fingerprint density at radius 2 is 0.839 bits per heavy atom. The maximum atomic E-state index is 12.9. The van der Waals surface area contributed by atoms with Crippen LogP contribution in [0.5, 0.6) is 0 Å². The summed E-state index contributed by atoms with van der Waals surface area (Å²) in [5.74, 6) is -1.29. The Balaban J connectivity index is 4.45. The number of aliphatic carboxylic acids is 1. The fourth-order valence-corrected chi connectivity index (χ4v) is 6.70. The number of allylic oxidation sites excluding steroid dienone is 18. The van der Waals surface area contributed by atoms with Gasteiger partial charge in [-0.2, -0.15) is 0 Å². The summed E-state index contributed by atoms with van der Waals surface area (Å²) in [5, 5.41) is 12.0. The normalized spacial score (nSPS) is 13.6. The molecule has 0 bridgehead atoms. The number of carbonyl (C=O) groups excluding carboxylic acids is 2. The zero-order valence-corrected chi connectivity index (χ0v) is 39.4. The van der Waals surface area contributed by atoms with Gasteiger partial charge in [-0.15, -0.1) is 0 Å². The van der Waals surface area contributed by atoms with E-state index in [1.807, 2.05) is 0 Å². The van der Waals surface area contributed by atoms with Crippen molar-refractivity contribution in [3.8, 4) is 0 Å². The monoisotopic (exact) mass is 859 g/mol. The summed E-state index contributed by atoms with van der Waals surface area (Å²) in [6.07, 6.45) is 67.1. The summed E-state index contributed by atoms with van der Waals surface area (Å²) >= 11 is 0. The first-order valence-corrected chi connectivity index (χ1v) is 24.7. The quantitative estimate of drug-likeness (QED) is 0.0319. The molecule has 0 aromatic carbocycles. The van der Waals surface area contributed by atoms with Gasteiger partial charge in [0.15, 0.2) is 0 Å². The van der Waals surface area contributed by atoms with Crippen LogP contribution >= 0.6 is 0 Å². The van der Waals surface area contributed by atoms with Gasteiger partial charge in [0.2, 0.25) is 5.91 Å². The molecule has 1 amide bonds. The molecule has 0 aliphatic carbocycles. The Bertz CT molecular complexity index is 1330. The number of esters is 1. The van der Waals surface area contributed by atoms with Gasteiger partial charge in [0, 0.05) is 12.8 Å². The first kappa shape index (κ1) is 58.0. The molecular formula is C55H90N2O5. The highest BCUT2D eigenvalue weighted by Crippen LogP contribution is 2.18. The smallest absolute Gasteiger partial charge is 0.326 e. The Hall–Kier alpha value is -3.97. The van der Waals surface area contributed by atoms with Crippen molar-refractivity contribution >= 4 is 17.8 Å². The number of carboxylic acid groups (broad SMARTS) is 1. The molecule has 0 aromatic heterocycles. The molecule has 0 aromatic rings. The van der Waals surface area contributed by atoms with Gasteiger partial charge in [-0.05, 0) is 141 Å². The van der Waals surface area contributed by atoms with Gasteiger partial charge in [0.1, 0.15) is 12.1 Å². The largest absolute Gasteiger partial charge is 0.480 e. The van der Waals surface area contributed by atoms with E-state index in [2.05, 4.69) is 129 Å². The number of unbranched alkanes of at least 4 members (excludes halogenated alkanes) is 11. The average molecular weight is 859 g/mol. The molecule has 0 fully saturated rings. The van der Waals surface area contributed by atoms with Gasteiger partial charge >= 0.3 is 11.9 Å². The van der Waals surface area contributed by atoms with Gasteiger partial charge < -0.3 is 20.9 Å². The molecular weight excluding hydrogens is 769 g/mol. The van der Waals surface area contributed by atoms with E-state index < -0.39 is 12.0 Å². The fraction of sp³-hybridized carbons (Fsp3) is 0.618. The number of nitrogens with one attached hydrogen (secondary N) is 1. The molecule has 350 valence electrons. The fourth-order valence-electron chi connectivity index (χ4n) is 6.70. The summed E-state index contributed by atoms with van der Waals surface area (Å²) in [6, 6.07) is -0.870. The number of amides is 1. The van der Waals surface area contributed by atoms with Gasteiger partial charge in [-0.1, -0.05) is 162 Å². The summed E-state index contributed by atoms with van der Waals surface area (Å²) < 4.78 is 6.05. The Labute approximate surface area is 380 Å². The van der Waals surface area contributed by atoms with E-state index >= 15 is 0 Å². The number of hydrogen-bond acceptors (Lipinski definition) is 5. The van der Waals surface area contributed by atoms with Crippen LogP contribution in [0.2, 0.25) is 0 Å². The number of rotatable bonds is 43. The molecule has 0 heterocycles. The van der Waals surface area contributed by atoms with Gasteiger partial charge in [-0.3, -0.25) is 9.59 Å². The zero-order valence-electron chi connectivity index (χ0n) is 39.4. The van der Waals surface area contributed by atoms with E-state index in [1.165, 1.54) is 12.8 Å². The van der Waals surface area contributed by atoms with Crippen LogP contribution in [0.15, 0.2) is 109 Å². The molecule has 2 atom stereocenters. The second-order valence-corrected chi connectivity index (χ2v) is 16.1. The van der Waals surface area contributed by atoms with E-state index in [0.717, 1.165) is 148 Å². The molecule has 0 aliphatic rings. The minimum absolute atomic E-state index is 0.0457. The average Bonchev–Trinajstić information content (AvgIpc) is 3.26. The van der Waals surface area contributed by atoms with Crippen LogP contribution in [-0.4, -0.2) is 41.6 Å². The zero-order chi connectivity index (χ0) is 45.2. The number of carboxylic acids is 1. The lowest BCUT2D eigenvalue weighted by Gasteiger charge is -2.18. The van der Waals surface area contributed by atoms with Crippen molar-refractivity contribution in [1.82, 2.24) is 5.32 Å². The van der Waals surface area contributed by atoms with Crippen LogP contribution in [0, 0.1) is 0 Å². The predicted molar refractivity (Wildman–Crippen MR) is 266 cm³/mol. The summed E-state index contributed by atoms with van der Waals surface area (Å²) in [7, 11) is 0. The summed E-state index contributed by atoms with van der Waals surface area (Å²) in [6.45, 7) is 4.71. The molecule has 7 nitrogen and oxygen atoms in total. The Kier molecular flexibility index (Phi) is 45.0. The summed E-state index contributed by atoms with van der Waals surface area (Å²) in [4.78, 5) is 36.5. The van der Waals surface area contributed by atoms with Crippen LogP contribution in [0.3, 0.4) is 0 Å². The Morgan fingerprint density at radius 3 is 1.29 bits per heavy atom. The van der Waals surface area contributed by atoms with Crippen molar-refractivity contribution in [1.29, 1.82) is 0 Å². The van der Waals surface area contributed by atoms with E-state index in [-0.39, 0.29) is 18.0 Å².